The molecule has 0 unspecified atom stereocenters. The number of nitro groups is 1. The van der Waals surface area contributed by atoms with Gasteiger partial charge in [0.15, 0.2) is 0 Å². The van der Waals surface area contributed by atoms with Gasteiger partial charge in [-0.25, -0.2) is 5.43 Å². The number of benzene rings is 1. The van der Waals surface area contributed by atoms with Crippen molar-refractivity contribution in [3.8, 4) is 0 Å². The van der Waals surface area contributed by atoms with Gasteiger partial charge in [-0.15, -0.1) is 0 Å². The van der Waals surface area contributed by atoms with E-state index in [9.17, 15) is 24.8 Å². The zero-order valence-electron chi connectivity index (χ0n) is 14.3. The molecule has 1 fully saturated rings. The molecule has 4 atom stereocenters. The maximum Gasteiger partial charge on any atom is 0.312 e. The summed E-state index contributed by atoms with van der Waals surface area (Å²) in [6, 6.07) is 5.74. The van der Waals surface area contributed by atoms with Crippen LogP contribution in [0.4, 0.5) is 5.69 Å². The first kappa shape index (κ1) is 18.0. The Kier molecular flexibility index (Phi) is 4.49. The first-order valence-corrected chi connectivity index (χ1v) is 8.26. The molecule has 0 aromatic heterocycles. The van der Waals surface area contributed by atoms with Gasteiger partial charge in [0.2, 0.25) is 5.91 Å². The second-order valence-electron chi connectivity index (χ2n) is 6.70. The highest BCUT2D eigenvalue weighted by Gasteiger charge is 2.57. The molecule has 9 nitrogen and oxygen atoms in total. The number of rotatable bonds is 4. The summed E-state index contributed by atoms with van der Waals surface area (Å²) in [5, 5.41) is 26.0. The fourth-order valence-electron chi connectivity index (χ4n) is 3.86. The van der Waals surface area contributed by atoms with Crippen LogP contribution in [-0.4, -0.2) is 39.8 Å². The molecule has 0 spiro atoms. The molecule has 1 amide bonds. The Labute approximate surface area is 149 Å². The molecule has 0 bridgehead atoms. The number of nitrogens with zero attached hydrogens (tertiary/aromatic N) is 2. The Morgan fingerprint density at radius 3 is 2.92 bits per heavy atom. The Bertz CT molecular complexity index is 803. The molecule has 1 aromatic carbocycles. The lowest BCUT2D eigenvalue weighted by Gasteiger charge is -2.43. The molecular formula is C17H19N3O6. The van der Waals surface area contributed by atoms with Crippen molar-refractivity contribution in [1.29, 1.82) is 0 Å². The van der Waals surface area contributed by atoms with Crippen molar-refractivity contribution in [3.05, 3.63) is 39.9 Å². The first-order chi connectivity index (χ1) is 12.3. The van der Waals surface area contributed by atoms with E-state index in [0.29, 0.717) is 11.3 Å². The molecule has 1 heterocycles. The second-order valence-corrected chi connectivity index (χ2v) is 6.70. The molecule has 26 heavy (non-hydrogen) atoms. The van der Waals surface area contributed by atoms with Gasteiger partial charge in [-0.05, 0) is 19.4 Å². The Balaban J connectivity index is 2.15. The number of fused-ring (bicyclic) bond motifs is 1. The number of carbonyl (C=O) groups excluding carboxylic acids is 2. The molecule has 3 rings (SSSR count). The minimum atomic E-state index is -1.51. The summed E-state index contributed by atoms with van der Waals surface area (Å²) in [5.41, 5.74) is 1.55. The van der Waals surface area contributed by atoms with Gasteiger partial charge in [-0.3, -0.25) is 19.7 Å². The molecule has 138 valence electrons. The maximum atomic E-state index is 12.6. The molecule has 2 aliphatic rings. The third-order valence-corrected chi connectivity index (χ3v) is 4.88. The number of ether oxygens (including phenoxy) is 1. The van der Waals surface area contributed by atoms with Crippen LogP contribution < -0.4 is 5.43 Å². The van der Waals surface area contributed by atoms with E-state index >= 15 is 0 Å². The SMILES string of the molecule is CCOC(=O)[C@@H]1[C@H](c2cccc([N+](=O)[O-])c2)[C@@H]2C(=O)NN=C2C[C@]1(C)O. The fraction of sp³-hybridized carbons (Fsp3) is 0.471. The van der Waals surface area contributed by atoms with Crippen LogP contribution in [-0.2, 0) is 14.3 Å². The van der Waals surface area contributed by atoms with E-state index in [0.717, 1.165) is 0 Å². The van der Waals surface area contributed by atoms with E-state index in [1.807, 2.05) is 0 Å². The van der Waals surface area contributed by atoms with E-state index in [1.165, 1.54) is 25.1 Å². The summed E-state index contributed by atoms with van der Waals surface area (Å²) in [7, 11) is 0. The van der Waals surface area contributed by atoms with Crippen LogP contribution in [0.15, 0.2) is 29.4 Å². The molecule has 1 aliphatic carbocycles. The van der Waals surface area contributed by atoms with E-state index in [1.54, 1.807) is 13.0 Å². The van der Waals surface area contributed by atoms with E-state index in [2.05, 4.69) is 10.5 Å². The van der Waals surface area contributed by atoms with Crippen LogP contribution >= 0.6 is 0 Å². The number of hydrogen-bond acceptors (Lipinski definition) is 7. The summed E-state index contributed by atoms with van der Waals surface area (Å²) >= 11 is 0. The van der Waals surface area contributed by atoms with Gasteiger partial charge in [0.25, 0.3) is 5.69 Å². The van der Waals surface area contributed by atoms with Crippen LogP contribution in [0, 0.1) is 22.0 Å². The van der Waals surface area contributed by atoms with Crippen LogP contribution in [0.1, 0.15) is 31.7 Å². The summed E-state index contributed by atoms with van der Waals surface area (Å²) in [6.45, 7) is 3.25. The second kappa shape index (κ2) is 6.49. The van der Waals surface area contributed by atoms with Crippen molar-refractivity contribution in [2.75, 3.05) is 6.61 Å². The normalized spacial score (nSPS) is 30.2. The molecule has 0 saturated heterocycles. The predicted molar refractivity (Wildman–Crippen MR) is 90.3 cm³/mol. The van der Waals surface area contributed by atoms with Gasteiger partial charge in [0, 0.05) is 24.5 Å². The van der Waals surface area contributed by atoms with Crippen molar-refractivity contribution in [1.82, 2.24) is 5.43 Å². The van der Waals surface area contributed by atoms with Gasteiger partial charge in [-0.1, -0.05) is 12.1 Å². The van der Waals surface area contributed by atoms with Crippen molar-refractivity contribution < 1.29 is 24.4 Å². The van der Waals surface area contributed by atoms with Crippen molar-refractivity contribution >= 4 is 23.3 Å². The average Bonchev–Trinajstić information content (AvgIpc) is 2.93. The lowest BCUT2D eigenvalue weighted by Crippen LogP contribution is -2.54. The van der Waals surface area contributed by atoms with Crippen LogP contribution in [0.5, 0.6) is 0 Å². The summed E-state index contributed by atoms with van der Waals surface area (Å²) in [4.78, 5) is 35.6. The molecular weight excluding hydrogens is 342 g/mol. The minimum absolute atomic E-state index is 0.0331. The minimum Gasteiger partial charge on any atom is -0.466 e. The fourth-order valence-corrected chi connectivity index (χ4v) is 3.86. The number of nitro benzene ring substituents is 1. The third-order valence-electron chi connectivity index (χ3n) is 4.88. The number of hydrazone groups is 1. The number of aliphatic hydroxyl groups is 1. The van der Waals surface area contributed by atoms with Crippen LogP contribution in [0.3, 0.4) is 0 Å². The highest BCUT2D eigenvalue weighted by molar-refractivity contribution is 6.10. The molecule has 0 radical (unpaired) electrons. The zero-order valence-corrected chi connectivity index (χ0v) is 14.3. The molecule has 1 aliphatic heterocycles. The summed E-state index contributed by atoms with van der Waals surface area (Å²) in [5.74, 6) is -3.71. The number of carbonyl (C=O) groups is 2. The maximum absolute atomic E-state index is 12.6. The molecule has 9 heteroatoms. The van der Waals surface area contributed by atoms with Gasteiger partial charge >= 0.3 is 5.97 Å². The van der Waals surface area contributed by atoms with Gasteiger partial charge in [0.1, 0.15) is 0 Å². The van der Waals surface area contributed by atoms with Crippen LogP contribution in [0.2, 0.25) is 0 Å². The number of hydrogen-bond donors (Lipinski definition) is 2. The highest BCUT2D eigenvalue weighted by atomic mass is 16.6. The predicted octanol–water partition coefficient (Wildman–Crippen LogP) is 1.11. The van der Waals surface area contributed by atoms with Crippen molar-refractivity contribution in [2.45, 2.75) is 31.8 Å². The van der Waals surface area contributed by atoms with Crippen LogP contribution in [0.25, 0.3) is 0 Å². The first-order valence-electron chi connectivity index (χ1n) is 8.26. The van der Waals surface area contributed by atoms with E-state index in [-0.39, 0.29) is 18.7 Å². The standard InChI is InChI=1S/C17H19N3O6/c1-3-26-16(22)14-12(9-5-4-6-10(7-9)20(24)25)13-11(8-17(14,2)23)18-19-15(13)21/h4-7,12-14,23H,3,8H2,1-2H3,(H,19,21)/t12-,13-,14+,17+/m1/s1. The van der Waals surface area contributed by atoms with Gasteiger partial charge < -0.3 is 9.84 Å². The van der Waals surface area contributed by atoms with Gasteiger partial charge in [-0.2, -0.15) is 5.10 Å². The zero-order chi connectivity index (χ0) is 19.1. The highest BCUT2D eigenvalue weighted by Crippen LogP contribution is 2.48. The Morgan fingerprint density at radius 2 is 2.27 bits per heavy atom. The smallest absolute Gasteiger partial charge is 0.312 e. The monoisotopic (exact) mass is 361 g/mol. The van der Waals surface area contributed by atoms with E-state index in [4.69, 9.17) is 4.74 Å². The number of amides is 1. The number of esters is 1. The summed E-state index contributed by atoms with van der Waals surface area (Å²) in [6.07, 6.45) is 0.0331. The van der Waals surface area contributed by atoms with E-state index < -0.39 is 40.2 Å². The topological polar surface area (TPSA) is 131 Å². The Morgan fingerprint density at radius 1 is 1.54 bits per heavy atom. The molecule has 1 saturated carbocycles. The third kappa shape index (κ3) is 2.94. The van der Waals surface area contributed by atoms with Gasteiger partial charge in [0.05, 0.1) is 34.7 Å². The largest absolute Gasteiger partial charge is 0.466 e. The lowest BCUT2D eigenvalue weighted by atomic mass is 9.61. The number of non-ortho nitro benzene ring substituents is 1. The van der Waals surface area contributed by atoms with Crippen molar-refractivity contribution in [3.63, 3.8) is 0 Å². The number of nitrogens with one attached hydrogen (secondary N) is 1. The summed E-state index contributed by atoms with van der Waals surface area (Å²) < 4.78 is 5.13. The average molecular weight is 361 g/mol. The molecule has 1 aromatic rings. The quantitative estimate of drug-likeness (QED) is 0.469. The van der Waals surface area contributed by atoms with Crippen molar-refractivity contribution in [2.24, 2.45) is 16.9 Å². The Hall–Kier alpha value is -2.81. The lowest BCUT2D eigenvalue weighted by molar-refractivity contribution is -0.385. The molecule has 2 N–H and O–H groups in total.